The highest BCUT2D eigenvalue weighted by Gasteiger charge is 2.35. The van der Waals surface area contributed by atoms with Gasteiger partial charge in [-0.15, -0.1) is 0 Å². The Bertz CT molecular complexity index is 381. The minimum absolute atomic E-state index is 0.0276. The van der Waals surface area contributed by atoms with Crippen LogP contribution < -0.4 is 5.32 Å². The third-order valence-corrected chi connectivity index (χ3v) is 3.60. The van der Waals surface area contributed by atoms with E-state index in [1.807, 2.05) is 13.8 Å². The molecule has 1 rings (SSSR count). The van der Waals surface area contributed by atoms with Gasteiger partial charge < -0.3 is 15.3 Å². The monoisotopic (exact) mass is 284 g/mol. The van der Waals surface area contributed by atoms with Crippen LogP contribution in [0.15, 0.2) is 0 Å². The zero-order valence-corrected chi connectivity index (χ0v) is 12.4. The van der Waals surface area contributed by atoms with Crippen molar-refractivity contribution in [2.24, 2.45) is 17.8 Å². The van der Waals surface area contributed by atoms with Crippen LogP contribution in [0.2, 0.25) is 0 Å². The van der Waals surface area contributed by atoms with Crippen LogP contribution in [0, 0.1) is 17.8 Å². The smallest absolute Gasteiger partial charge is 0.306 e. The quantitative estimate of drug-likeness (QED) is 0.752. The number of carbonyl (C=O) groups is 3. The summed E-state index contributed by atoms with van der Waals surface area (Å²) in [7, 11) is 1.59. The van der Waals surface area contributed by atoms with Crippen LogP contribution in [-0.4, -0.2) is 47.9 Å². The lowest BCUT2D eigenvalue weighted by atomic mass is 10.0. The molecule has 1 saturated carbocycles. The summed E-state index contributed by atoms with van der Waals surface area (Å²) in [5.41, 5.74) is 0. The zero-order chi connectivity index (χ0) is 15.3. The summed E-state index contributed by atoms with van der Waals surface area (Å²) >= 11 is 0. The topological polar surface area (TPSA) is 86.7 Å². The van der Waals surface area contributed by atoms with E-state index in [1.54, 1.807) is 7.05 Å². The molecular formula is C14H24N2O4. The number of rotatable bonds is 6. The van der Waals surface area contributed by atoms with E-state index < -0.39 is 11.9 Å². The van der Waals surface area contributed by atoms with Crippen molar-refractivity contribution in [1.82, 2.24) is 10.2 Å². The lowest BCUT2D eigenvalue weighted by Crippen LogP contribution is -2.41. The molecule has 0 saturated heterocycles. The summed E-state index contributed by atoms with van der Waals surface area (Å²) in [5, 5.41) is 11.7. The van der Waals surface area contributed by atoms with Gasteiger partial charge in [0.25, 0.3) is 0 Å². The predicted molar refractivity (Wildman–Crippen MR) is 74.0 cm³/mol. The second-order valence-electron chi connectivity index (χ2n) is 5.94. The number of carboxylic acids is 1. The van der Waals surface area contributed by atoms with Gasteiger partial charge in [-0.1, -0.05) is 13.8 Å². The van der Waals surface area contributed by atoms with Crippen LogP contribution in [0.3, 0.4) is 0 Å². The Labute approximate surface area is 119 Å². The fraction of sp³-hybridized carbons (Fsp3) is 0.786. The van der Waals surface area contributed by atoms with Crippen LogP contribution in [-0.2, 0) is 14.4 Å². The molecule has 0 aromatic carbocycles. The zero-order valence-electron chi connectivity index (χ0n) is 12.4. The molecule has 0 aromatic rings. The Morgan fingerprint density at radius 1 is 1.25 bits per heavy atom. The van der Waals surface area contributed by atoms with E-state index in [1.165, 1.54) is 4.90 Å². The van der Waals surface area contributed by atoms with E-state index in [9.17, 15) is 14.4 Å². The van der Waals surface area contributed by atoms with Crippen molar-refractivity contribution < 1.29 is 19.5 Å². The van der Waals surface area contributed by atoms with Gasteiger partial charge in [0.1, 0.15) is 0 Å². The van der Waals surface area contributed by atoms with E-state index >= 15 is 0 Å². The molecule has 2 N–H and O–H groups in total. The highest BCUT2D eigenvalue weighted by molar-refractivity contribution is 5.86. The molecule has 0 bridgehead atoms. The van der Waals surface area contributed by atoms with Crippen molar-refractivity contribution in [2.75, 3.05) is 20.1 Å². The summed E-state index contributed by atoms with van der Waals surface area (Å²) in [6.07, 6.45) is 1.51. The number of likely N-dealkylation sites (N-methyl/N-ethyl adjacent to an activating group) is 1. The van der Waals surface area contributed by atoms with Crippen molar-refractivity contribution in [3.8, 4) is 0 Å². The number of nitrogens with one attached hydrogen (secondary N) is 1. The molecule has 1 aliphatic rings. The van der Waals surface area contributed by atoms with Crippen molar-refractivity contribution >= 4 is 17.8 Å². The standard InChI is InChI=1S/C14H24N2O4/c1-9(2)7-15-12(17)8-16(3)13(18)10-4-5-11(6-10)14(19)20/h9-11H,4-8H2,1-3H3,(H,15,17)(H,19,20). The maximum Gasteiger partial charge on any atom is 0.306 e. The van der Waals surface area contributed by atoms with E-state index in [-0.39, 0.29) is 24.3 Å². The lowest BCUT2D eigenvalue weighted by Gasteiger charge is -2.20. The first-order valence-electron chi connectivity index (χ1n) is 7.05. The van der Waals surface area contributed by atoms with Crippen molar-refractivity contribution in [1.29, 1.82) is 0 Å². The van der Waals surface area contributed by atoms with Gasteiger partial charge in [0.15, 0.2) is 0 Å². The van der Waals surface area contributed by atoms with Crippen molar-refractivity contribution in [2.45, 2.75) is 33.1 Å². The highest BCUT2D eigenvalue weighted by Crippen LogP contribution is 2.32. The Morgan fingerprint density at radius 2 is 1.85 bits per heavy atom. The average molecular weight is 284 g/mol. The molecule has 0 radical (unpaired) electrons. The van der Waals surface area contributed by atoms with E-state index in [0.717, 1.165) is 0 Å². The lowest BCUT2D eigenvalue weighted by molar-refractivity contribution is -0.142. The molecule has 20 heavy (non-hydrogen) atoms. The summed E-state index contributed by atoms with van der Waals surface area (Å²) in [6.45, 7) is 4.62. The van der Waals surface area contributed by atoms with E-state index in [0.29, 0.717) is 31.7 Å². The number of amides is 2. The molecule has 6 heteroatoms. The Balaban J connectivity index is 2.40. The van der Waals surface area contributed by atoms with Crippen LogP contribution in [0.4, 0.5) is 0 Å². The maximum atomic E-state index is 12.1. The normalized spacial score (nSPS) is 21.8. The molecule has 2 amide bonds. The molecule has 1 aliphatic carbocycles. The molecule has 114 valence electrons. The largest absolute Gasteiger partial charge is 0.481 e. The first-order chi connectivity index (χ1) is 9.31. The Kier molecular flexibility index (Phi) is 5.98. The number of carbonyl (C=O) groups excluding carboxylic acids is 2. The van der Waals surface area contributed by atoms with Gasteiger partial charge in [0, 0.05) is 19.5 Å². The molecule has 2 unspecified atom stereocenters. The molecule has 6 nitrogen and oxygen atoms in total. The average Bonchev–Trinajstić information content (AvgIpc) is 2.85. The molecule has 0 aromatic heterocycles. The molecule has 0 spiro atoms. The molecule has 2 atom stereocenters. The fourth-order valence-corrected chi connectivity index (χ4v) is 2.41. The molecule has 1 fully saturated rings. The molecule has 0 heterocycles. The van der Waals surface area contributed by atoms with E-state index in [4.69, 9.17) is 5.11 Å². The van der Waals surface area contributed by atoms with Crippen molar-refractivity contribution in [3.63, 3.8) is 0 Å². The summed E-state index contributed by atoms with van der Waals surface area (Å²) in [6, 6.07) is 0. The van der Waals surface area contributed by atoms with Crippen molar-refractivity contribution in [3.05, 3.63) is 0 Å². The van der Waals surface area contributed by atoms with Gasteiger partial charge >= 0.3 is 5.97 Å². The number of nitrogens with zero attached hydrogens (tertiary/aromatic N) is 1. The third kappa shape index (κ3) is 4.83. The number of hydrogen-bond acceptors (Lipinski definition) is 3. The predicted octanol–water partition coefficient (Wildman–Crippen LogP) is 0.718. The molecule has 0 aliphatic heterocycles. The second-order valence-corrected chi connectivity index (χ2v) is 5.94. The Morgan fingerprint density at radius 3 is 2.35 bits per heavy atom. The maximum absolute atomic E-state index is 12.1. The second kappa shape index (κ2) is 7.26. The van der Waals surface area contributed by atoms with Gasteiger partial charge in [-0.05, 0) is 25.2 Å². The van der Waals surface area contributed by atoms with Gasteiger partial charge in [-0.2, -0.15) is 0 Å². The summed E-state index contributed by atoms with van der Waals surface area (Å²) < 4.78 is 0. The number of carboxylic acid groups (broad SMARTS) is 1. The summed E-state index contributed by atoms with van der Waals surface area (Å²) in [4.78, 5) is 36.1. The van der Waals surface area contributed by atoms with Crippen LogP contribution in [0.25, 0.3) is 0 Å². The van der Waals surface area contributed by atoms with Crippen LogP contribution >= 0.6 is 0 Å². The minimum Gasteiger partial charge on any atom is -0.481 e. The van der Waals surface area contributed by atoms with Crippen LogP contribution in [0.5, 0.6) is 0 Å². The first-order valence-corrected chi connectivity index (χ1v) is 7.05. The highest BCUT2D eigenvalue weighted by atomic mass is 16.4. The van der Waals surface area contributed by atoms with Gasteiger partial charge in [-0.3, -0.25) is 14.4 Å². The first kappa shape index (κ1) is 16.5. The summed E-state index contributed by atoms with van der Waals surface area (Å²) in [5.74, 6) is -1.47. The SMILES string of the molecule is CC(C)CNC(=O)CN(C)C(=O)C1CCC(C(=O)O)C1. The van der Waals surface area contributed by atoms with Gasteiger partial charge in [0.05, 0.1) is 12.5 Å². The van der Waals surface area contributed by atoms with Gasteiger partial charge in [0.2, 0.25) is 11.8 Å². The number of aliphatic carboxylic acids is 1. The number of hydrogen-bond donors (Lipinski definition) is 2. The Hall–Kier alpha value is -1.59. The minimum atomic E-state index is -0.836. The molecular weight excluding hydrogens is 260 g/mol. The van der Waals surface area contributed by atoms with Crippen LogP contribution in [0.1, 0.15) is 33.1 Å². The fourth-order valence-electron chi connectivity index (χ4n) is 2.41. The van der Waals surface area contributed by atoms with Gasteiger partial charge in [-0.25, -0.2) is 0 Å². The van der Waals surface area contributed by atoms with E-state index in [2.05, 4.69) is 5.32 Å². The third-order valence-electron chi connectivity index (χ3n) is 3.60.